The molecule has 0 saturated heterocycles. The van der Waals surface area contributed by atoms with Gasteiger partial charge in [-0.25, -0.2) is 0 Å². The SMILES string of the molecule is C=C(C)CCC1=C(C)C(C)(C)c2cc(I)ccc21. The maximum atomic E-state index is 4.02. The van der Waals surface area contributed by atoms with E-state index in [1.165, 1.54) is 31.4 Å². The number of hydrogen-bond donors (Lipinski definition) is 0. The van der Waals surface area contributed by atoms with Crippen molar-refractivity contribution in [2.45, 2.75) is 46.0 Å². The Morgan fingerprint density at radius 2 is 2.00 bits per heavy atom. The van der Waals surface area contributed by atoms with Crippen molar-refractivity contribution in [3.05, 3.63) is 50.6 Å². The predicted octanol–water partition coefficient (Wildman–Crippen LogP) is 5.71. The quantitative estimate of drug-likeness (QED) is 0.483. The maximum Gasteiger partial charge on any atom is 0.0133 e. The second-order valence-electron chi connectivity index (χ2n) is 5.88. The monoisotopic (exact) mass is 352 g/mol. The first-order valence-electron chi connectivity index (χ1n) is 6.49. The first kappa shape index (κ1) is 13.9. The Labute approximate surface area is 124 Å². The molecule has 0 aliphatic heterocycles. The molecule has 18 heavy (non-hydrogen) atoms. The lowest BCUT2D eigenvalue weighted by Gasteiger charge is -2.22. The molecule has 1 aliphatic carbocycles. The number of fused-ring (bicyclic) bond motifs is 1. The molecule has 0 atom stereocenters. The first-order chi connectivity index (χ1) is 8.34. The summed E-state index contributed by atoms with van der Waals surface area (Å²) in [6.07, 6.45) is 2.21. The van der Waals surface area contributed by atoms with E-state index in [1.54, 1.807) is 0 Å². The Morgan fingerprint density at radius 3 is 2.61 bits per heavy atom. The van der Waals surface area contributed by atoms with Gasteiger partial charge in [0.25, 0.3) is 0 Å². The molecule has 0 bridgehead atoms. The number of hydrogen-bond acceptors (Lipinski definition) is 0. The van der Waals surface area contributed by atoms with Gasteiger partial charge in [-0.1, -0.05) is 31.1 Å². The van der Waals surface area contributed by atoms with E-state index < -0.39 is 0 Å². The van der Waals surface area contributed by atoms with Crippen molar-refractivity contribution in [3.8, 4) is 0 Å². The summed E-state index contributed by atoms with van der Waals surface area (Å²) < 4.78 is 1.33. The predicted molar refractivity (Wildman–Crippen MR) is 88.8 cm³/mol. The Bertz CT molecular complexity index is 533. The third kappa shape index (κ3) is 2.29. The number of rotatable bonds is 3. The average molecular weight is 352 g/mol. The van der Waals surface area contributed by atoms with Crippen LogP contribution < -0.4 is 0 Å². The fraction of sp³-hybridized carbons (Fsp3) is 0.412. The van der Waals surface area contributed by atoms with E-state index in [0.29, 0.717) is 0 Å². The largest absolute Gasteiger partial charge is 0.100 e. The summed E-state index contributed by atoms with van der Waals surface area (Å²) in [7, 11) is 0. The van der Waals surface area contributed by atoms with Crippen LogP contribution in [0.1, 0.15) is 51.7 Å². The lowest BCUT2D eigenvalue weighted by atomic mass is 9.82. The molecule has 1 aromatic carbocycles. The molecule has 0 amide bonds. The molecule has 1 aliphatic rings. The molecule has 0 radical (unpaired) electrons. The van der Waals surface area contributed by atoms with Crippen LogP contribution in [0.5, 0.6) is 0 Å². The minimum absolute atomic E-state index is 0.181. The van der Waals surface area contributed by atoms with Gasteiger partial charge in [0.05, 0.1) is 0 Å². The fourth-order valence-electron chi connectivity index (χ4n) is 2.74. The Hall–Kier alpha value is -0.570. The molecule has 0 fully saturated rings. The molecule has 0 nitrogen and oxygen atoms in total. The molecule has 0 spiro atoms. The second kappa shape index (κ2) is 4.84. The summed E-state index contributed by atoms with van der Waals surface area (Å²) in [5, 5.41) is 0. The minimum Gasteiger partial charge on any atom is -0.100 e. The van der Waals surface area contributed by atoms with Crippen LogP contribution >= 0.6 is 22.6 Å². The lowest BCUT2D eigenvalue weighted by molar-refractivity contribution is 0.637. The number of benzene rings is 1. The van der Waals surface area contributed by atoms with Crippen molar-refractivity contribution in [2.75, 3.05) is 0 Å². The fourth-order valence-corrected chi connectivity index (χ4v) is 3.23. The molecule has 0 saturated carbocycles. The van der Waals surface area contributed by atoms with Gasteiger partial charge >= 0.3 is 0 Å². The van der Waals surface area contributed by atoms with E-state index in [-0.39, 0.29) is 5.41 Å². The molecular weight excluding hydrogens is 331 g/mol. The van der Waals surface area contributed by atoms with Crippen molar-refractivity contribution in [3.63, 3.8) is 0 Å². The lowest BCUT2D eigenvalue weighted by Crippen LogP contribution is -2.15. The molecule has 0 heterocycles. The van der Waals surface area contributed by atoms with Crippen molar-refractivity contribution >= 4 is 28.2 Å². The molecule has 0 N–H and O–H groups in total. The van der Waals surface area contributed by atoms with E-state index in [4.69, 9.17) is 0 Å². The average Bonchev–Trinajstić information content (AvgIpc) is 2.46. The third-order valence-corrected chi connectivity index (χ3v) is 4.84. The molecular formula is C17H21I. The van der Waals surface area contributed by atoms with Gasteiger partial charge in [0, 0.05) is 8.99 Å². The van der Waals surface area contributed by atoms with E-state index in [9.17, 15) is 0 Å². The molecule has 1 aromatic rings. The van der Waals surface area contributed by atoms with Gasteiger partial charge < -0.3 is 0 Å². The summed E-state index contributed by atoms with van der Waals surface area (Å²) >= 11 is 2.40. The summed E-state index contributed by atoms with van der Waals surface area (Å²) in [5.74, 6) is 0. The van der Waals surface area contributed by atoms with Crippen LogP contribution in [0, 0.1) is 3.57 Å². The topological polar surface area (TPSA) is 0 Å². The number of halogens is 1. The van der Waals surface area contributed by atoms with Crippen molar-refractivity contribution in [1.82, 2.24) is 0 Å². The van der Waals surface area contributed by atoms with Gasteiger partial charge in [-0.3, -0.25) is 0 Å². The Kier molecular flexibility index (Phi) is 3.72. The zero-order chi connectivity index (χ0) is 13.5. The highest BCUT2D eigenvalue weighted by molar-refractivity contribution is 14.1. The zero-order valence-corrected chi connectivity index (χ0v) is 13.9. The van der Waals surface area contributed by atoms with Crippen molar-refractivity contribution < 1.29 is 0 Å². The van der Waals surface area contributed by atoms with Gasteiger partial charge in [-0.05, 0) is 78.1 Å². The van der Waals surface area contributed by atoms with Gasteiger partial charge in [0.2, 0.25) is 0 Å². The van der Waals surface area contributed by atoms with E-state index in [0.717, 1.165) is 12.8 Å². The van der Waals surface area contributed by atoms with E-state index >= 15 is 0 Å². The van der Waals surface area contributed by atoms with Crippen LogP contribution in [-0.4, -0.2) is 0 Å². The highest BCUT2D eigenvalue weighted by atomic mass is 127. The molecule has 96 valence electrons. The maximum absolute atomic E-state index is 4.02. The smallest absolute Gasteiger partial charge is 0.0133 e. The molecule has 0 unspecified atom stereocenters. The summed E-state index contributed by atoms with van der Waals surface area (Å²) in [6, 6.07) is 6.85. The zero-order valence-electron chi connectivity index (χ0n) is 11.7. The molecule has 0 aromatic heterocycles. The van der Waals surface area contributed by atoms with Gasteiger partial charge in [-0.15, -0.1) is 6.58 Å². The van der Waals surface area contributed by atoms with Crippen LogP contribution in [0.2, 0.25) is 0 Å². The first-order valence-corrected chi connectivity index (χ1v) is 7.57. The summed E-state index contributed by atoms with van der Waals surface area (Å²) in [6.45, 7) is 13.1. The standard InChI is InChI=1S/C17H21I/c1-11(2)6-8-14-12(3)17(4,5)16-10-13(18)7-9-15(14)16/h7,9-10H,1,6,8H2,2-5H3. The third-order valence-electron chi connectivity index (χ3n) is 4.17. The van der Waals surface area contributed by atoms with E-state index in [2.05, 4.69) is 75.1 Å². The highest BCUT2D eigenvalue weighted by Crippen LogP contribution is 2.47. The van der Waals surface area contributed by atoms with Crippen LogP contribution in [0.25, 0.3) is 5.57 Å². The second-order valence-corrected chi connectivity index (χ2v) is 7.12. The van der Waals surface area contributed by atoms with Crippen molar-refractivity contribution in [2.24, 2.45) is 0 Å². The van der Waals surface area contributed by atoms with Crippen LogP contribution in [0.4, 0.5) is 0 Å². The summed E-state index contributed by atoms with van der Waals surface area (Å²) in [4.78, 5) is 0. The van der Waals surface area contributed by atoms with Gasteiger partial charge in [0.1, 0.15) is 0 Å². The normalized spacial score (nSPS) is 16.9. The highest BCUT2D eigenvalue weighted by Gasteiger charge is 2.34. The summed E-state index contributed by atoms with van der Waals surface area (Å²) in [5.41, 5.74) is 7.46. The van der Waals surface area contributed by atoms with Crippen LogP contribution in [-0.2, 0) is 5.41 Å². The van der Waals surface area contributed by atoms with Crippen LogP contribution in [0.3, 0.4) is 0 Å². The molecule has 2 rings (SSSR count). The van der Waals surface area contributed by atoms with Gasteiger partial charge in [-0.2, -0.15) is 0 Å². The Balaban J connectivity index is 2.47. The van der Waals surface area contributed by atoms with Gasteiger partial charge in [0.15, 0.2) is 0 Å². The van der Waals surface area contributed by atoms with E-state index in [1.807, 2.05) is 0 Å². The molecule has 1 heteroatoms. The van der Waals surface area contributed by atoms with Crippen molar-refractivity contribution in [1.29, 1.82) is 0 Å². The van der Waals surface area contributed by atoms with Crippen LogP contribution in [0.15, 0.2) is 35.9 Å². The Morgan fingerprint density at radius 1 is 1.33 bits per heavy atom. The number of allylic oxidation sites excluding steroid dienone is 3. The minimum atomic E-state index is 0.181.